The molecular formula is C17H26N4O5S. The van der Waals surface area contributed by atoms with Crippen molar-refractivity contribution in [2.45, 2.75) is 25.2 Å². The summed E-state index contributed by atoms with van der Waals surface area (Å²) < 4.78 is 26.5. The summed E-state index contributed by atoms with van der Waals surface area (Å²) in [5.41, 5.74) is -0.119. The Morgan fingerprint density at radius 1 is 1.33 bits per heavy atom. The van der Waals surface area contributed by atoms with Gasteiger partial charge in [-0.15, -0.1) is 0 Å². The molecule has 10 heteroatoms. The molecule has 1 amide bonds. The second-order valence-electron chi connectivity index (χ2n) is 7.19. The first-order valence-electron chi connectivity index (χ1n) is 8.76. The van der Waals surface area contributed by atoms with E-state index in [0.29, 0.717) is 24.9 Å². The molecule has 0 saturated carbocycles. The monoisotopic (exact) mass is 398 g/mol. The molecule has 0 spiro atoms. The zero-order chi connectivity index (χ0) is 20.4. The minimum Gasteiger partial charge on any atom is -0.383 e. The van der Waals surface area contributed by atoms with Gasteiger partial charge in [-0.2, -0.15) is 4.31 Å². The quantitative estimate of drug-likeness (QED) is 0.577. The van der Waals surface area contributed by atoms with Crippen molar-refractivity contribution >= 4 is 27.3 Å². The Kier molecular flexibility index (Phi) is 6.42. The Labute approximate surface area is 159 Å². The van der Waals surface area contributed by atoms with Gasteiger partial charge >= 0.3 is 0 Å². The topological polar surface area (TPSA) is 113 Å². The normalized spacial score (nSPS) is 20.6. The molecule has 27 heavy (non-hydrogen) atoms. The maximum Gasteiger partial charge on any atom is 0.293 e. The van der Waals surface area contributed by atoms with Crippen LogP contribution >= 0.6 is 0 Å². The summed E-state index contributed by atoms with van der Waals surface area (Å²) in [7, 11) is -1.20. The predicted molar refractivity (Wildman–Crippen MR) is 102 cm³/mol. The highest BCUT2D eigenvalue weighted by atomic mass is 32.2. The average Bonchev–Trinajstić information content (AvgIpc) is 2.59. The number of likely N-dealkylation sites (N-methyl/N-ethyl adjacent to an activating group) is 1. The average molecular weight is 398 g/mol. The van der Waals surface area contributed by atoms with Crippen molar-refractivity contribution in [2.24, 2.45) is 11.8 Å². The molecule has 2 unspecified atom stereocenters. The fraction of sp³-hybridized carbons (Fsp3) is 0.588. The summed E-state index contributed by atoms with van der Waals surface area (Å²) in [5, 5.41) is 13.8. The van der Waals surface area contributed by atoms with Gasteiger partial charge in [0, 0.05) is 33.3 Å². The number of anilines is 1. The molecular weight excluding hydrogens is 372 g/mol. The number of carbonyl (C=O) groups is 1. The van der Waals surface area contributed by atoms with Gasteiger partial charge in [0.15, 0.2) is 0 Å². The Morgan fingerprint density at radius 3 is 2.44 bits per heavy atom. The van der Waals surface area contributed by atoms with Gasteiger partial charge < -0.3 is 10.2 Å². The number of nitro groups is 1. The summed E-state index contributed by atoms with van der Waals surface area (Å²) in [6, 6.07) is 3.64. The third-order valence-corrected chi connectivity index (χ3v) is 6.52. The number of piperidine rings is 1. The van der Waals surface area contributed by atoms with Gasteiger partial charge in [-0.05, 0) is 30.4 Å². The van der Waals surface area contributed by atoms with Gasteiger partial charge in [0.25, 0.3) is 5.69 Å². The van der Waals surface area contributed by atoms with Gasteiger partial charge in [-0.1, -0.05) is 13.8 Å². The van der Waals surface area contributed by atoms with Crippen molar-refractivity contribution in [3.63, 3.8) is 0 Å². The van der Waals surface area contributed by atoms with Crippen LogP contribution in [0.25, 0.3) is 0 Å². The number of amides is 1. The van der Waals surface area contributed by atoms with E-state index in [-0.39, 0.29) is 28.7 Å². The summed E-state index contributed by atoms with van der Waals surface area (Å²) in [6.45, 7) is 5.06. The number of likely N-dealkylation sites (tertiary alicyclic amines) is 1. The first kappa shape index (κ1) is 21.1. The van der Waals surface area contributed by atoms with E-state index in [0.717, 1.165) is 16.8 Å². The standard InChI is InChI=1S/C17H26N4O5S/c1-12-7-13(2)10-20(9-12)17(22)11-19(4)27(25,26)14-5-6-15(18-3)16(8-14)21(23)24/h5-6,8,12-13,18H,7,9-11H2,1-4H3. The van der Waals surface area contributed by atoms with Crippen molar-refractivity contribution in [2.75, 3.05) is 39.0 Å². The number of benzene rings is 1. The van der Waals surface area contributed by atoms with Crippen molar-refractivity contribution in [1.82, 2.24) is 9.21 Å². The van der Waals surface area contributed by atoms with Crippen LogP contribution in [0.4, 0.5) is 11.4 Å². The highest BCUT2D eigenvalue weighted by Crippen LogP contribution is 2.28. The smallest absolute Gasteiger partial charge is 0.293 e. The lowest BCUT2D eigenvalue weighted by Gasteiger charge is -2.35. The lowest BCUT2D eigenvalue weighted by Crippen LogP contribution is -2.47. The summed E-state index contributed by atoms with van der Waals surface area (Å²) >= 11 is 0. The zero-order valence-electron chi connectivity index (χ0n) is 16.0. The molecule has 0 radical (unpaired) electrons. The summed E-state index contributed by atoms with van der Waals surface area (Å²) in [4.78, 5) is 24.6. The molecule has 2 atom stereocenters. The van der Waals surface area contributed by atoms with E-state index in [1.165, 1.54) is 26.2 Å². The molecule has 1 fully saturated rings. The second kappa shape index (κ2) is 8.22. The van der Waals surface area contributed by atoms with Gasteiger partial charge in [0.05, 0.1) is 16.4 Å². The van der Waals surface area contributed by atoms with Crippen LogP contribution in [0, 0.1) is 22.0 Å². The highest BCUT2D eigenvalue weighted by molar-refractivity contribution is 7.89. The number of nitro benzene ring substituents is 1. The molecule has 0 aromatic heterocycles. The molecule has 1 aromatic rings. The molecule has 1 heterocycles. The van der Waals surface area contributed by atoms with E-state index in [1.807, 2.05) is 0 Å². The molecule has 1 aliphatic heterocycles. The number of nitrogens with zero attached hydrogens (tertiary/aromatic N) is 3. The van der Waals surface area contributed by atoms with Crippen LogP contribution < -0.4 is 5.32 Å². The number of carbonyl (C=O) groups excluding carboxylic acids is 1. The van der Waals surface area contributed by atoms with Crippen molar-refractivity contribution in [1.29, 1.82) is 0 Å². The molecule has 1 aromatic carbocycles. The van der Waals surface area contributed by atoms with E-state index in [1.54, 1.807) is 4.90 Å². The number of hydrogen-bond acceptors (Lipinski definition) is 6. The van der Waals surface area contributed by atoms with Crippen molar-refractivity contribution in [3.8, 4) is 0 Å². The first-order chi connectivity index (χ1) is 12.6. The second-order valence-corrected chi connectivity index (χ2v) is 9.24. The van der Waals surface area contributed by atoms with Gasteiger partial charge in [0.1, 0.15) is 5.69 Å². The van der Waals surface area contributed by atoms with E-state index in [9.17, 15) is 23.3 Å². The van der Waals surface area contributed by atoms with Gasteiger partial charge in [0.2, 0.25) is 15.9 Å². The van der Waals surface area contributed by atoms with Crippen LogP contribution in [0.1, 0.15) is 20.3 Å². The van der Waals surface area contributed by atoms with Gasteiger partial charge in [-0.25, -0.2) is 8.42 Å². The highest BCUT2D eigenvalue weighted by Gasteiger charge is 2.30. The maximum absolute atomic E-state index is 12.8. The SMILES string of the molecule is CNc1ccc(S(=O)(=O)N(C)CC(=O)N2CC(C)CC(C)C2)cc1[N+](=O)[O-]. The van der Waals surface area contributed by atoms with Crippen LogP contribution in [-0.2, 0) is 14.8 Å². The van der Waals surface area contributed by atoms with Crippen LogP contribution in [0.5, 0.6) is 0 Å². The summed E-state index contributed by atoms with van der Waals surface area (Å²) in [5.74, 6) is 0.480. The lowest BCUT2D eigenvalue weighted by atomic mass is 9.92. The third kappa shape index (κ3) is 4.75. The fourth-order valence-corrected chi connectivity index (χ4v) is 4.60. The molecule has 1 N–H and O–H groups in total. The van der Waals surface area contributed by atoms with E-state index >= 15 is 0 Å². The molecule has 1 saturated heterocycles. The van der Waals surface area contributed by atoms with E-state index in [2.05, 4.69) is 19.2 Å². The Balaban J connectivity index is 2.20. The Bertz CT molecular complexity index is 817. The third-order valence-electron chi connectivity index (χ3n) is 4.72. The number of nitrogens with one attached hydrogen (secondary N) is 1. The van der Waals surface area contributed by atoms with Gasteiger partial charge in [-0.3, -0.25) is 14.9 Å². The molecule has 9 nitrogen and oxygen atoms in total. The zero-order valence-corrected chi connectivity index (χ0v) is 16.8. The van der Waals surface area contributed by atoms with E-state index < -0.39 is 14.9 Å². The molecule has 1 aliphatic rings. The van der Waals surface area contributed by atoms with Crippen LogP contribution in [0.3, 0.4) is 0 Å². The number of hydrogen-bond donors (Lipinski definition) is 1. The molecule has 0 bridgehead atoms. The van der Waals surface area contributed by atoms with Crippen molar-refractivity contribution < 1.29 is 18.1 Å². The first-order valence-corrected chi connectivity index (χ1v) is 10.2. The van der Waals surface area contributed by atoms with E-state index in [4.69, 9.17) is 0 Å². The van der Waals surface area contributed by atoms with Crippen molar-refractivity contribution in [3.05, 3.63) is 28.3 Å². The van der Waals surface area contributed by atoms with Crippen LogP contribution in [0.2, 0.25) is 0 Å². The lowest BCUT2D eigenvalue weighted by molar-refractivity contribution is -0.384. The molecule has 0 aliphatic carbocycles. The Hall–Kier alpha value is -2.20. The predicted octanol–water partition coefficient (Wildman–Crippen LogP) is 1.76. The van der Waals surface area contributed by atoms with Crippen LogP contribution in [0.15, 0.2) is 23.1 Å². The fourth-order valence-electron chi connectivity index (χ4n) is 3.46. The maximum atomic E-state index is 12.8. The number of sulfonamides is 1. The number of rotatable bonds is 6. The molecule has 150 valence electrons. The Morgan fingerprint density at radius 2 is 1.93 bits per heavy atom. The minimum atomic E-state index is -4.03. The molecule has 2 rings (SSSR count). The van der Waals surface area contributed by atoms with Crippen LogP contribution in [-0.4, -0.2) is 62.2 Å². The summed E-state index contributed by atoms with van der Waals surface area (Å²) in [6.07, 6.45) is 1.04. The minimum absolute atomic E-state index is 0.217. The largest absolute Gasteiger partial charge is 0.383 e.